The van der Waals surface area contributed by atoms with Crippen LogP contribution >= 0.6 is 0 Å². The molecule has 0 saturated carbocycles. The number of benzene rings is 3. The molecule has 2 fully saturated rings. The SMILES string of the molecule is C.C.C.O=C1CCC(=O)O1.[2H]CC1(COC(=O)CCC(=O)O)CCN(C(=O)CCCCCNC(=O)c2ccc3c(c2)C(=O)OC32c3ccc(C)cc3Oc3cc(OC(=O)C(C)(C)C)ccc32)CC1.[3H]OC.c1cc[nH+]cc1. The molecule has 1 spiro atoms. The maximum Gasteiger partial charge on any atom is 0.340 e. The third-order valence-corrected chi connectivity index (χ3v) is 12.0. The molecule has 2 amide bonds. The summed E-state index contributed by atoms with van der Waals surface area (Å²) in [5.74, 6) is -2.65. The number of ether oxygens (including phenoxy) is 5. The van der Waals surface area contributed by atoms with Gasteiger partial charge in [-0.2, -0.15) is 0 Å². The summed E-state index contributed by atoms with van der Waals surface area (Å²) < 4.78 is 41.3. The first kappa shape index (κ1) is 60.1. The maximum atomic E-state index is 13.6. The van der Waals surface area contributed by atoms with E-state index in [2.05, 4.69) is 20.1 Å². The van der Waals surface area contributed by atoms with Crippen LogP contribution in [0.2, 0.25) is 0 Å². The number of rotatable bonds is 13. The second-order valence-corrected chi connectivity index (χ2v) is 18.7. The molecule has 18 heteroatoms. The Labute approximate surface area is 443 Å². The number of carboxylic acids is 1. The van der Waals surface area contributed by atoms with Crippen LogP contribution in [0.25, 0.3) is 0 Å². The minimum absolute atomic E-state index is 0. The summed E-state index contributed by atoms with van der Waals surface area (Å²) in [6.45, 7) is 8.58. The lowest BCUT2D eigenvalue weighted by Gasteiger charge is -2.39. The smallest absolute Gasteiger partial charge is 0.340 e. The lowest BCUT2D eigenvalue weighted by atomic mass is 9.77. The van der Waals surface area contributed by atoms with Gasteiger partial charge in [-0.05, 0) is 89.3 Å². The van der Waals surface area contributed by atoms with Crippen molar-refractivity contribution in [3.05, 3.63) is 119 Å². The van der Waals surface area contributed by atoms with Crippen LogP contribution in [0.5, 0.6) is 17.2 Å². The number of esters is 5. The van der Waals surface area contributed by atoms with E-state index in [4.69, 9.17) is 26.9 Å². The quantitative estimate of drug-likeness (QED) is 0.0372. The second kappa shape index (κ2) is 28.8. The topological polar surface area (TPSA) is 253 Å². The number of unbranched alkanes of at least 4 members (excludes halogenated alkanes) is 2. The Kier molecular flexibility index (Phi) is 23.1. The molecule has 0 bridgehead atoms. The molecule has 18 nitrogen and oxygen atoms in total. The predicted molar refractivity (Wildman–Crippen MR) is 279 cm³/mol. The number of H-pyrrole nitrogens is 1. The van der Waals surface area contributed by atoms with E-state index in [1.165, 1.54) is 7.11 Å². The molecular formula is C57H76N3O15+. The Bertz CT molecular complexity index is 2630. The monoisotopic (exact) mass is 1050 g/mol. The Hall–Kier alpha value is -7.47. The molecule has 5 heterocycles. The summed E-state index contributed by atoms with van der Waals surface area (Å²) in [4.78, 5) is 99.7. The molecule has 3 aromatic carbocycles. The second-order valence-electron chi connectivity index (χ2n) is 18.7. The van der Waals surface area contributed by atoms with E-state index in [1.807, 2.05) is 55.7 Å². The summed E-state index contributed by atoms with van der Waals surface area (Å²) in [6, 6.07) is 21.4. The number of hydrogen-bond donors (Lipinski definition) is 3. The zero-order valence-corrected chi connectivity index (χ0v) is 41.3. The Morgan fingerprint density at radius 1 is 0.827 bits per heavy atom. The molecular weight excluding hydrogens is 967 g/mol. The fourth-order valence-electron chi connectivity index (χ4n) is 7.99. The number of aryl methyl sites for hydroxylation is 1. The van der Waals surface area contributed by atoms with Gasteiger partial charge in [0.2, 0.25) is 7.34 Å². The van der Waals surface area contributed by atoms with Crippen LogP contribution in [-0.4, -0.2) is 97.5 Å². The van der Waals surface area contributed by atoms with Gasteiger partial charge in [-0.25, -0.2) is 9.78 Å². The lowest BCUT2D eigenvalue weighted by Crippen LogP contribution is -2.44. The van der Waals surface area contributed by atoms with E-state index < -0.39 is 52.2 Å². The number of amides is 2. The summed E-state index contributed by atoms with van der Waals surface area (Å²) in [5, 5.41) is 15.2. The number of piperidine rings is 1. The molecule has 2 saturated heterocycles. The standard InChI is InChI=1S/C44H50N2O11.C5H5N.C4H4O3.CH4O.3CH4/c1-27-10-13-32-34(23-27)56-35-25-29(55-41(53)42(2,3)4)12-15-33(35)44(32)31-14-11-28(24-30(31)40(52)57-44)39(51)45-20-8-6-7-9-36(47)46-21-18-43(5,19-22-46)26-54-38(50)17-16-37(48)49;1-2-4-6-5-3-1;5-3-1-2-4(6)7-3;1-2;;;/h10-15,23-25H,6-9,16-22,26H2,1-5H3,(H,45,51)(H,48,49);1-5H;1-2H2;2H,1H3;3*1H4/p+1/i5D;;;2T;;;. The van der Waals surface area contributed by atoms with E-state index in [0.29, 0.717) is 97.7 Å². The average Bonchev–Trinajstić information content (AvgIpc) is 3.91. The highest BCUT2D eigenvalue weighted by molar-refractivity contribution is 6.01. The molecule has 1 aromatic heterocycles. The van der Waals surface area contributed by atoms with Gasteiger partial charge in [-0.3, -0.25) is 33.6 Å². The first-order valence-corrected chi connectivity index (χ1v) is 23.7. The number of aromatic amines is 1. The van der Waals surface area contributed by atoms with E-state index >= 15 is 0 Å². The van der Waals surface area contributed by atoms with Gasteiger partial charge in [-0.1, -0.05) is 59.9 Å². The van der Waals surface area contributed by atoms with Crippen molar-refractivity contribution in [2.45, 2.75) is 127 Å². The van der Waals surface area contributed by atoms with Crippen LogP contribution in [0.1, 0.15) is 158 Å². The van der Waals surface area contributed by atoms with Crippen LogP contribution in [-0.2, 0) is 48.6 Å². The molecule has 0 radical (unpaired) electrons. The molecule has 75 heavy (non-hydrogen) atoms. The number of aromatic nitrogens is 1. The Morgan fingerprint density at radius 3 is 2.01 bits per heavy atom. The van der Waals surface area contributed by atoms with Crippen LogP contribution in [0.3, 0.4) is 0 Å². The molecule has 4 aromatic rings. The van der Waals surface area contributed by atoms with E-state index in [1.54, 1.807) is 62.1 Å². The number of aliphatic hydroxyl groups excluding tert-OH is 1. The molecule has 0 aliphatic carbocycles. The van der Waals surface area contributed by atoms with Gasteiger partial charge in [0.1, 0.15) is 17.2 Å². The number of aliphatic carboxylic acids is 1. The molecule has 1 unspecified atom stereocenters. The highest BCUT2D eigenvalue weighted by Gasteiger charge is 2.54. The number of aliphatic hydroxyl groups is 1. The maximum absolute atomic E-state index is 13.6. The van der Waals surface area contributed by atoms with Crippen LogP contribution in [0, 0.1) is 17.8 Å². The highest BCUT2D eigenvalue weighted by atomic mass is 16.6. The summed E-state index contributed by atoms with van der Waals surface area (Å²) in [5.41, 5.74) is 0.587. The van der Waals surface area contributed by atoms with E-state index in [0.717, 1.165) is 5.56 Å². The minimum atomic E-state index is -1.36. The van der Waals surface area contributed by atoms with Gasteiger partial charge in [0.15, 0.2) is 18.0 Å². The van der Waals surface area contributed by atoms with Gasteiger partial charge >= 0.3 is 35.8 Å². The van der Waals surface area contributed by atoms with Gasteiger partial charge in [0.25, 0.3) is 5.91 Å². The number of nitrogens with zero attached hydrogens (tertiary/aromatic N) is 1. The van der Waals surface area contributed by atoms with Crippen molar-refractivity contribution < 1.29 is 78.6 Å². The minimum Gasteiger partial charge on any atom is -0.481 e. The van der Waals surface area contributed by atoms with Gasteiger partial charge in [0, 0.05) is 80.4 Å². The zero-order valence-electron chi connectivity index (χ0n) is 43.3. The van der Waals surface area contributed by atoms with Crippen molar-refractivity contribution in [3.8, 4) is 17.2 Å². The normalized spacial score (nSPS) is 16.4. The fraction of sp³-hybridized carbons (Fsp3) is 0.456. The Morgan fingerprint density at radius 2 is 1.45 bits per heavy atom. The molecule has 8 rings (SSSR count). The average molecular weight is 1050 g/mol. The van der Waals surface area contributed by atoms with Crippen LogP contribution < -0.4 is 19.8 Å². The van der Waals surface area contributed by atoms with Crippen LogP contribution in [0.15, 0.2) is 85.2 Å². The highest BCUT2D eigenvalue weighted by Crippen LogP contribution is 2.57. The number of carbonyl (C=O) groups excluding carboxylic acids is 7. The van der Waals surface area contributed by atoms with Crippen molar-refractivity contribution in [2.75, 3.05) is 33.4 Å². The molecule has 408 valence electrons. The third-order valence-electron chi connectivity index (χ3n) is 12.0. The van der Waals surface area contributed by atoms with Crippen molar-refractivity contribution >= 4 is 47.6 Å². The molecule has 1 atom stereocenters. The summed E-state index contributed by atoms with van der Waals surface area (Å²) in [6.07, 6.45) is 7.13. The number of nitrogens with one attached hydrogen (secondary N) is 2. The fourth-order valence-corrected chi connectivity index (χ4v) is 7.99. The van der Waals surface area contributed by atoms with Gasteiger partial charge < -0.3 is 44.1 Å². The Balaban J connectivity index is 0.000000917. The number of hydrogen-bond acceptors (Lipinski definition) is 14. The first-order chi connectivity index (χ1) is 35.2. The van der Waals surface area contributed by atoms with E-state index in [9.17, 15) is 38.4 Å². The summed E-state index contributed by atoms with van der Waals surface area (Å²) in [7, 11) is 1.29. The van der Waals surface area contributed by atoms with Crippen molar-refractivity contribution in [1.82, 2.24) is 10.2 Å². The number of fused-ring (bicyclic) bond motifs is 6. The third kappa shape index (κ3) is 17.0. The number of carboxylic acid groups (broad SMARTS) is 1. The number of likely N-dealkylation sites (tertiary alicyclic amines) is 1. The number of carbonyl (C=O) groups is 8. The number of cyclic esters (lactones) is 2. The lowest BCUT2D eigenvalue weighted by molar-refractivity contribution is -0.378. The van der Waals surface area contributed by atoms with Crippen molar-refractivity contribution in [2.24, 2.45) is 10.8 Å². The van der Waals surface area contributed by atoms with Crippen molar-refractivity contribution in [1.29, 1.82) is 1.43 Å². The van der Waals surface area contributed by atoms with E-state index in [-0.39, 0.29) is 78.8 Å². The number of pyridine rings is 1. The van der Waals surface area contributed by atoms with Gasteiger partial charge in [0.05, 0.1) is 43.3 Å². The molecule has 4 aliphatic heterocycles. The van der Waals surface area contributed by atoms with Crippen molar-refractivity contribution in [3.63, 3.8) is 0 Å². The predicted octanol–water partition coefficient (Wildman–Crippen LogP) is 8.71. The molecule has 4 N–H and O–H groups in total. The zero-order chi connectivity index (χ0) is 54.1. The van der Waals surface area contributed by atoms with Crippen LogP contribution in [0.4, 0.5) is 0 Å². The summed E-state index contributed by atoms with van der Waals surface area (Å²) >= 11 is 0. The largest absolute Gasteiger partial charge is 0.481 e. The molecule has 4 aliphatic rings. The first-order valence-electron chi connectivity index (χ1n) is 24.8. The van der Waals surface area contributed by atoms with Gasteiger partial charge in [-0.15, -0.1) is 0 Å².